The Morgan fingerprint density at radius 3 is 2.87 bits per heavy atom. The molecule has 82 valence electrons. The number of aromatic nitrogens is 1. The van der Waals surface area contributed by atoms with Crippen molar-refractivity contribution in [1.29, 1.82) is 0 Å². The molecule has 1 aromatic heterocycles. The van der Waals surface area contributed by atoms with Crippen LogP contribution in [0.5, 0.6) is 0 Å². The summed E-state index contributed by atoms with van der Waals surface area (Å²) in [4.78, 5) is 16.5. The zero-order valence-electron chi connectivity index (χ0n) is 7.54. The minimum absolute atomic E-state index is 0.0704. The molecule has 0 bridgehead atoms. The van der Waals surface area contributed by atoms with Crippen molar-refractivity contribution in [2.24, 2.45) is 0 Å². The summed E-state index contributed by atoms with van der Waals surface area (Å²) in [6.07, 6.45) is -0.281. The van der Waals surface area contributed by atoms with Gasteiger partial charge in [0.1, 0.15) is 5.69 Å². The van der Waals surface area contributed by atoms with E-state index in [1.165, 1.54) is 5.38 Å². The molecule has 1 aromatic rings. The fraction of sp³-hybridized carbons (Fsp3) is 0.500. The molecule has 0 unspecified atom stereocenters. The van der Waals surface area contributed by atoms with E-state index in [-0.39, 0.29) is 23.1 Å². The van der Waals surface area contributed by atoms with Gasteiger partial charge >= 0.3 is 0 Å². The smallest absolute Gasteiger partial charge is 0.273 e. The third-order valence-electron chi connectivity index (χ3n) is 2.15. The van der Waals surface area contributed by atoms with Crippen LogP contribution in [0.3, 0.4) is 0 Å². The van der Waals surface area contributed by atoms with Gasteiger partial charge in [0.15, 0.2) is 4.47 Å². The SMILES string of the molecule is O=C(c1csc(Cl)n1)N1CCC(F)(F)C1. The molecule has 0 spiro atoms. The molecule has 1 aliphatic heterocycles. The van der Waals surface area contributed by atoms with Gasteiger partial charge in [-0.3, -0.25) is 4.79 Å². The van der Waals surface area contributed by atoms with Crippen LogP contribution in [-0.4, -0.2) is 34.8 Å². The van der Waals surface area contributed by atoms with Gasteiger partial charge in [-0.1, -0.05) is 11.6 Å². The maximum absolute atomic E-state index is 12.8. The molecular formula is C8H7ClF2N2OS. The van der Waals surface area contributed by atoms with Gasteiger partial charge in [0.25, 0.3) is 11.8 Å². The Labute approximate surface area is 93.7 Å². The summed E-state index contributed by atoms with van der Waals surface area (Å²) in [5.74, 6) is -3.24. The molecule has 0 aliphatic carbocycles. The molecule has 1 fully saturated rings. The number of amides is 1. The lowest BCUT2D eigenvalue weighted by atomic mass is 10.3. The number of carbonyl (C=O) groups is 1. The average molecular weight is 253 g/mol. The van der Waals surface area contributed by atoms with Crippen LogP contribution in [0.4, 0.5) is 8.78 Å². The van der Waals surface area contributed by atoms with E-state index in [2.05, 4.69) is 4.98 Å². The molecular weight excluding hydrogens is 246 g/mol. The second kappa shape index (κ2) is 3.68. The van der Waals surface area contributed by atoms with Gasteiger partial charge in [0.2, 0.25) is 0 Å². The number of alkyl halides is 2. The maximum Gasteiger partial charge on any atom is 0.273 e. The standard InChI is InChI=1S/C8H7ClF2N2OS/c9-7-12-5(3-15-7)6(14)13-2-1-8(10,11)4-13/h3H,1-2,4H2. The predicted molar refractivity (Wildman–Crippen MR) is 52.6 cm³/mol. The minimum atomic E-state index is -2.77. The molecule has 0 saturated carbocycles. The highest BCUT2D eigenvalue weighted by Gasteiger charge is 2.40. The Morgan fingerprint density at radius 2 is 2.40 bits per heavy atom. The Morgan fingerprint density at radius 1 is 1.67 bits per heavy atom. The van der Waals surface area contributed by atoms with E-state index in [1.54, 1.807) is 0 Å². The molecule has 7 heteroatoms. The Hall–Kier alpha value is -0.750. The molecule has 1 aliphatic rings. The van der Waals surface area contributed by atoms with Gasteiger partial charge in [-0.15, -0.1) is 11.3 Å². The second-order valence-corrected chi connectivity index (χ2v) is 4.76. The number of carbonyl (C=O) groups excluding carboxylic acids is 1. The third kappa shape index (κ3) is 2.26. The number of rotatable bonds is 1. The molecule has 2 rings (SSSR count). The number of hydrogen-bond donors (Lipinski definition) is 0. The number of hydrogen-bond acceptors (Lipinski definition) is 3. The van der Waals surface area contributed by atoms with E-state index in [0.717, 1.165) is 16.2 Å². The van der Waals surface area contributed by atoms with Crippen molar-refractivity contribution >= 4 is 28.8 Å². The van der Waals surface area contributed by atoms with Crippen molar-refractivity contribution in [2.75, 3.05) is 13.1 Å². The van der Waals surface area contributed by atoms with Gasteiger partial charge in [-0.05, 0) is 0 Å². The van der Waals surface area contributed by atoms with E-state index < -0.39 is 18.4 Å². The minimum Gasteiger partial charge on any atom is -0.331 e. The van der Waals surface area contributed by atoms with Crippen molar-refractivity contribution in [3.8, 4) is 0 Å². The monoisotopic (exact) mass is 252 g/mol. The highest BCUT2D eigenvalue weighted by atomic mass is 35.5. The van der Waals surface area contributed by atoms with Crippen LogP contribution >= 0.6 is 22.9 Å². The maximum atomic E-state index is 12.8. The lowest BCUT2D eigenvalue weighted by Crippen LogP contribution is -2.31. The van der Waals surface area contributed by atoms with Crippen LogP contribution in [-0.2, 0) is 0 Å². The first kappa shape index (κ1) is 10.8. The molecule has 0 N–H and O–H groups in total. The highest BCUT2D eigenvalue weighted by Crippen LogP contribution is 2.28. The van der Waals surface area contributed by atoms with Crippen LogP contribution in [0, 0.1) is 0 Å². The molecule has 0 aromatic carbocycles. The van der Waals surface area contributed by atoms with Gasteiger partial charge in [-0.2, -0.15) is 0 Å². The fourth-order valence-corrected chi connectivity index (χ4v) is 2.16. The number of halogens is 3. The van der Waals surface area contributed by atoms with Crippen LogP contribution in [0.15, 0.2) is 5.38 Å². The zero-order valence-corrected chi connectivity index (χ0v) is 9.12. The largest absolute Gasteiger partial charge is 0.331 e. The molecule has 3 nitrogen and oxygen atoms in total. The Kier molecular flexibility index (Phi) is 2.64. The molecule has 1 saturated heterocycles. The van der Waals surface area contributed by atoms with Crippen LogP contribution in [0.2, 0.25) is 4.47 Å². The summed E-state index contributed by atoms with van der Waals surface area (Å²) in [6, 6.07) is 0. The molecule has 1 amide bonds. The topological polar surface area (TPSA) is 33.2 Å². The van der Waals surface area contributed by atoms with Gasteiger partial charge < -0.3 is 4.90 Å². The lowest BCUT2D eigenvalue weighted by Gasteiger charge is -2.14. The van der Waals surface area contributed by atoms with E-state index in [4.69, 9.17) is 11.6 Å². The second-order valence-electron chi connectivity index (χ2n) is 3.32. The van der Waals surface area contributed by atoms with E-state index in [1.807, 2.05) is 0 Å². The number of likely N-dealkylation sites (tertiary alicyclic amines) is 1. The van der Waals surface area contributed by atoms with Crippen molar-refractivity contribution in [3.05, 3.63) is 15.5 Å². The summed E-state index contributed by atoms with van der Waals surface area (Å²) in [5, 5.41) is 1.47. The quantitative estimate of drug-likeness (QED) is 0.768. The zero-order chi connectivity index (χ0) is 11.1. The predicted octanol–water partition coefficient (Wildman–Crippen LogP) is 2.28. The molecule has 0 atom stereocenters. The van der Waals surface area contributed by atoms with Gasteiger partial charge in [-0.25, -0.2) is 13.8 Å². The average Bonchev–Trinajstić information content (AvgIpc) is 2.71. The number of thiazole rings is 1. The summed E-state index contributed by atoms with van der Waals surface area (Å²) < 4.78 is 25.9. The van der Waals surface area contributed by atoms with Crippen molar-refractivity contribution in [3.63, 3.8) is 0 Å². The molecule has 15 heavy (non-hydrogen) atoms. The summed E-state index contributed by atoms with van der Waals surface area (Å²) in [7, 11) is 0. The van der Waals surface area contributed by atoms with E-state index in [9.17, 15) is 13.6 Å². The third-order valence-corrected chi connectivity index (χ3v) is 3.13. The summed E-state index contributed by atoms with van der Waals surface area (Å²) >= 11 is 6.67. The van der Waals surface area contributed by atoms with E-state index in [0.29, 0.717) is 0 Å². The normalized spacial score (nSPS) is 19.5. The van der Waals surface area contributed by atoms with Crippen molar-refractivity contribution in [1.82, 2.24) is 9.88 Å². The van der Waals surface area contributed by atoms with E-state index >= 15 is 0 Å². The van der Waals surface area contributed by atoms with Crippen molar-refractivity contribution in [2.45, 2.75) is 12.3 Å². The fourth-order valence-electron chi connectivity index (χ4n) is 1.42. The number of nitrogens with zero attached hydrogens (tertiary/aromatic N) is 2. The Bertz CT molecular complexity index is 396. The lowest BCUT2D eigenvalue weighted by molar-refractivity contribution is 0.0119. The Balaban J connectivity index is 2.10. The molecule has 2 heterocycles. The molecule has 0 radical (unpaired) electrons. The first-order chi connectivity index (χ1) is 6.98. The summed E-state index contributed by atoms with van der Waals surface area (Å²) in [5.41, 5.74) is 0.141. The van der Waals surface area contributed by atoms with Gasteiger partial charge in [0.05, 0.1) is 6.54 Å². The van der Waals surface area contributed by atoms with Gasteiger partial charge in [0, 0.05) is 18.3 Å². The first-order valence-electron chi connectivity index (χ1n) is 4.26. The van der Waals surface area contributed by atoms with Crippen molar-refractivity contribution < 1.29 is 13.6 Å². The van der Waals surface area contributed by atoms with Crippen LogP contribution in [0.25, 0.3) is 0 Å². The summed E-state index contributed by atoms with van der Waals surface area (Å²) in [6.45, 7) is -0.456. The van der Waals surface area contributed by atoms with Crippen LogP contribution in [0.1, 0.15) is 16.9 Å². The first-order valence-corrected chi connectivity index (χ1v) is 5.52. The highest BCUT2D eigenvalue weighted by molar-refractivity contribution is 7.14. The van der Waals surface area contributed by atoms with Crippen LogP contribution < -0.4 is 0 Å².